The topological polar surface area (TPSA) is 66.2 Å². The van der Waals surface area contributed by atoms with Crippen molar-refractivity contribution >= 4 is 28.5 Å². The molecule has 0 radical (unpaired) electrons. The lowest BCUT2D eigenvalue weighted by Crippen LogP contribution is -2.34. The monoisotopic (exact) mass is 304 g/mol. The number of aromatic amines is 1. The average molecular weight is 305 g/mol. The lowest BCUT2D eigenvalue weighted by Gasteiger charge is -2.23. The van der Waals surface area contributed by atoms with Crippen LogP contribution in [0.3, 0.4) is 0 Å². The molecule has 1 aromatic carbocycles. The van der Waals surface area contributed by atoms with Crippen molar-refractivity contribution in [1.82, 2.24) is 10.3 Å². The minimum Gasteiger partial charge on any atom is -0.370 e. The van der Waals surface area contributed by atoms with Crippen molar-refractivity contribution in [2.75, 3.05) is 13.1 Å². The number of aliphatic imine (C=N–C) groups is 1. The number of guanidine groups is 1. The number of nitrogens with one attached hydrogen (secondary N) is 2. The van der Waals surface area contributed by atoms with Crippen molar-refractivity contribution in [2.24, 2.45) is 16.6 Å². The van der Waals surface area contributed by atoms with Crippen molar-refractivity contribution in [3.8, 4) is 0 Å². The maximum atomic E-state index is 6.05. The van der Waals surface area contributed by atoms with Crippen molar-refractivity contribution in [3.05, 3.63) is 35.0 Å². The number of nitrogens with two attached hydrogens (primary N) is 1. The standard InChI is InChI=1S/C16H21ClN4/c17-13-4-5-15-14(8-13)12(10-20-15)6-7-19-16(18)21-9-11-2-1-3-11/h4-5,8,10-11,20H,1-3,6-7,9H2,(H3,18,19,21). The smallest absolute Gasteiger partial charge is 0.188 e. The highest BCUT2D eigenvalue weighted by molar-refractivity contribution is 6.31. The maximum absolute atomic E-state index is 6.05. The van der Waals surface area contributed by atoms with Gasteiger partial charge >= 0.3 is 0 Å². The van der Waals surface area contributed by atoms with Gasteiger partial charge in [-0.1, -0.05) is 18.0 Å². The van der Waals surface area contributed by atoms with Gasteiger partial charge in [0, 0.05) is 35.2 Å². The molecule has 1 heterocycles. The van der Waals surface area contributed by atoms with Crippen LogP contribution in [0.4, 0.5) is 0 Å². The van der Waals surface area contributed by atoms with E-state index in [-0.39, 0.29) is 0 Å². The van der Waals surface area contributed by atoms with E-state index in [1.165, 1.54) is 30.2 Å². The van der Waals surface area contributed by atoms with E-state index < -0.39 is 0 Å². The van der Waals surface area contributed by atoms with Gasteiger partial charge in [-0.05, 0) is 48.9 Å². The molecule has 4 N–H and O–H groups in total. The number of hydrogen-bond acceptors (Lipinski definition) is 1. The molecule has 3 rings (SSSR count). The lowest BCUT2D eigenvalue weighted by atomic mass is 9.86. The maximum Gasteiger partial charge on any atom is 0.188 e. The molecule has 0 spiro atoms. The Morgan fingerprint density at radius 1 is 1.43 bits per heavy atom. The van der Waals surface area contributed by atoms with Gasteiger partial charge in [-0.25, -0.2) is 0 Å². The molecule has 0 saturated heterocycles. The quantitative estimate of drug-likeness (QED) is 0.587. The van der Waals surface area contributed by atoms with Crippen LogP contribution in [0.5, 0.6) is 0 Å². The molecule has 0 bridgehead atoms. The highest BCUT2D eigenvalue weighted by atomic mass is 35.5. The molecule has 112 valence electrons. The first-order chi connectivity index (χ1) is 10.2. The first-order valence-electron chi connectivity index (χ1n) is 7.51. The second kappa shape index (κ2) is 6.39. The number of benzene rings is 1. The zero-order chi connectivity index (χ0) is 14.7. The Labute approximate surface area is 129 Å². The van der Waals surface area contributed by atoms with Crippen LogP contribution in [0.2, 0.25) is 5.02 Å². The zero-order valence-electron chi connectivity index (χ0n) is 12.0. The summed E-state index contributed by atoms with van der Waals surface area (Å²) < 4.78 is 0. The summed E-state index contributed by atoms with van der Waals surface area (Å²) in [4.78, 5) is 7.66. The number of rotatable bonds is 5. The van der Waals surface area contributed by atoms with E-state index in [1.54, 1.807) is 0 Å². The largest absolute Gasteiger partial charge is 0.370 e. The molecule has 21 heavy (non-hydrogen) atoms. The van der Waals surface area contributed by atoms with E-state index in [2.05, 4.69) is 15.3 Å². The van der Waals surface area contributed by atoms with Crippen LogP contribution in [0, 0.1) is 5.92 Å². The first kappa shape index (κ1) is 14.3. The summed E-state index contributed by atoms with van der Waals surface area (Å²) in [6.45, 7) is 1.64. The Hall–Kier alpha value is -1.68. The van der Waals surface area contributed by atoms with Crippen LogP contribution in [-0.2, 0) is 6.42 Å². The molecule has 5 heteroatoms. The third kappa shape index (κ3) is 3.50. The molecule has 2 aromatic rings. The molecular weight excluding hydrogens is 284 g/mol. The molecule has 1 saturated carbocycles. The van der Waals surface area contributed by atoms with Gasteiger partial charge < -0.3 is 16.0 Å². The number of aromatic nitrogens is 1. The van der Waals surface area contributed by atoms with E-state index in [9.17, 15) is 0 Å². The summed E-state index contributed by atoms with van der Waals surface area (Å²) in [6.07, 6.45) is 6.86. The molecule has 0 atom stereocenters. The van der Waals surface area contributed by atoms with Crippen LogP contribution in [0.1, 0.15) is 24.8 Å². The Morgan fingerprint density at radius 2 is 2.29 bits per heavy atom. The van der Waals surface area contributed by atoms with Gasteiger partial charge in [0.05, 0.1) is 0 Å². The molecule has 0 amide bonds. The second-order valence-electron chi connectivity index (χ2n) is 5.70. The summed E-state index contributed by atoms with van der Waals surface area (Å²) in [5.74, 6) is 1.31. The van der Waals surface area contributed by atoms with Crippen LogP contribution in [0.25, 0.3) is 10.9 Å². The molecule has 0 aliphatic heterocycles. The second-order valence-corrected chi connectivity index (χ2v) is 6.14. The van der Waals surface area contributed by atoms with Crippen LogP contribution in [-0.4, -0.2) is 24.0 Å². The summed E-state index contributed by atoms with van der Waals surface area (Å²) >= 11 is 6.05. The van der Waals surface area contributed by atoms with Gasteiger partial charge in [0.15, 0.2) is 5.96 Å². The fraction of sp³-hybridized carbons (Fsp3) is 0.438. The third-order valence-electron chi connectivity index (χ3n) is 4.17. The summed E-state index contributed by atoms with van der Waals surface area (Å²) in [5.41, 5.74) is 8.24. The Kier molecular flexibility index (Phi) is 4.34. The van der Waals surface area contributed by atoms with Crippen LogP contribution < -0.4 is 11.1 Å². The Balaban J connectivity index is 1.52. The van der Waals surface area contributed by atoms with Gasteiger partial charge in [0.25, 0.3) is 0 Å². The fourth-order valence-corrected chi connectivity index (χ4v) is 2.81. The van der Waals surface area contributed by atoms with Crippen molar-refractivity contribution in [1.29, 1.82) is 0 Å². The predicted octanol–water partition coefficient (Wildman–Crippen LogP) is 3.07. The first-order valence-corrected chi connectivity index (χ1v) is 7.89. The Morgan fingerprint density at radius 3 is 3.05 bits per heavy atom. The van der Waals surface area contributed by atoms with Crippen molar-refractivity contribution in [2.45, 2.75) is 25.7 Å². The molecule has 4 nitrogen and oxygen atoms in total. The number of halogens is 1. The van der Waals surface area contributed by atoms with Gasteiger partial charge in [-0.3, -0.25) is 4.99 Å². The number of fused-ring (bicyclic) bond motifs is 1. The lowest BCUT2D eigenvalue weighted by molar-refractivity contribution is 0.326. The van der Waals surface area contributed by atoms with Gasteiger partial charge in [-0.2, -0.15) is 0 Å². The Bertz CT molecular complexity index is 643. The minimum absolute atomic E-state index is 0.555. The number of H-pyrrole nitrogens is 1. The molecule has 1 aromatic heterocycles. The fourth-order valence-electron chi connectivity index (χ4n) is 2.64. The van der Waals surface area contributed by atoms with Crippen LogP contribution >= 0.6 is 11.6 Å². The van der Waals surface area contributed by atoms with E-state index in [0.717, 1.165) is 36.0 Å². The third-order valence-corrected chi connectivity index (χ3v) is 4.41. The zero-order valence-corrected chi connectivity index (χ0v) is 12.8. The van der Waals surface area contributed by atoms with Gasteiger partial charge in [0.1, 0.15) is 0 Å². The molecule has 1 aliphatic carbocycles. The minimum atomic E-state index is 0.555. The normalized spacial score (nSPS) is 16.1. The van der Waals surface area contributed by atoms with Crippen LogP contribution in [0.15, 0.2) is 29.4 Å². The molecule has 1 fully saturated rings. The number of nitrogens with zero attached hydrogens (tertiary/aromatic N) is 1. The molecule has 0 unspecified atom stereocenters. The highest BCUT2D eigenvalue weighted by Gasteiger charge is 2.16. The van der Waals surface area contributed by atoms with E-state index >= 15 is 0 Å². The predicted molar refractivity (Wildman–Crippen MR) is 88.8 cm³/mol. The highest BCUT2D eigenvalue weighted by Crippen LogP contribution is 2.26. The van der Waals surface area contributed by atoms with Crippen molar-refractivity contribution in [3.63, 3.8) is 0 Å². The summed E-state index contributed by atoms with van der Waals surface area (Å²) in [6, 6.07) is 5.90. The average Bonchev–Trinajstić information content (AvgIpc) is 2.80. The van der Waals surface area contributed by atoms with Gasteiger partial charge in [-0.15, -0.1) is 0 Å². The van der Waals surface area contributed by atoms with E-state index in [4.69, 9.17) is 17.3 Å². The van der Waals surface area contributed by atoms with E-state index in [0.29, 0.717) is 5.96 Å². The number of hydrogen-bond donors (Lipinski definition) is 3. The van der Waals surface area contributed by atoms with Crippen molar-refractivity contribution < 1.29 is 0 Å². The van der Waals surface area contributed by atoms with E-state index in [1.807, 2.05) is 24.4 Å². The van der Waals surface area contributed by atoms with Gasteiger partial charge in [0.2, 0.25) is 0 Å². The molecule has 1 aliphatic rings. The summed E-state index contributed by atoms with van der Waals surface area (Å²) in [5, 5.41) is 5.12. The molecular formula is C16H21ClN4. The summed E-state index contributed by atoms with van der Waals surface area (Å²) in [7, 11) is 0. The SMILES string of the molecule is NC(=NCC1CCC1)NCCc1c[nH]c2ccc(Cl)cc12.